The third-order valence-electron chi connectivity index (χ3n) is 3.31. The van der Waals surface area contributed by atoms with Crippen molar-refractivity contribution in [3.8, 4) is 0 Å². The minimum atomic E-state index is -0.499. The van der Waals surface area contributed by atoms with Crippen LogP contribution in [0.2, 0.25) is 0 Å². The Morgan fingerprint density at radius 1 is 1.20 bits per heavy atom. The van der Waals surface area contributed by atoms with Crippen molar-refractivity contribution < 1.29 is 19.1 Å². The number of rotatable bonds is 9. The molecular formula is C18H29N3O4. The number of alkyl carbamates (subject to hydrolysis) is 1. The standard InChI is InChI=1S/C18H29N3O4/c1-18(2,3)25-17(23)20-11-5-6-15(12-24-4)21-14-9-7-13(8-10-14)16(19)22/h7-10,15,21H,5-6,11-12H2,1-4H3,(H2,19,22)(H,20,23). The van der Waals surface area contributed by atoms with Gasteiger partial charge < -0.3 is 25.8 Å². The number of anilines is 1. The maximum Gasteiger partial charge on any atom is 0.407 e. The van der Waals surface area contributed by atoms with Crippen molar-refractivity contribution in [3.05, 3.63) is 29.8 Å². The van der Waals surface area contributed by atoms with Crippen LogP contribution in [0.5, 0.6) is 0 Å². The van der Waals surface area contributed by atoms with Gasteiger partial charge in [0.25, 0.3) is 0 Å². The van der Waals surface area contributed by atoms with Crippen molar-refractivity contribution >= 4 is 17.7 Å². The molecule has 1 aromatic carbocycles. The lowest BCUT2D eigenvalue weighted by Gasteiger charge is -2.21. The van der Waals surface area contributed by atoms with Gasteiger partial charge in [0.05, 0.1) is 6.61 Å². The van der Waals surface area contributed by atoms with Crippen LogP contribution in [-0.2, 0) is 9.47 Å². The number of hydrogen-bond acceptors (Lipinski definition) is 5. The molecule has 0 aliphatic heterocycles. The van der Waals surface area contributed by atoms with Crippen molar-refractivity contribution in [1.82, 2.24) is 5.32 Å². The molecule has 0 aliphatic rings. The molecule has 1 atom stereocenters. The van der Waals surface area contributed by atoms with Gasteiger partial charge in [-0.3, -0.25) is 4.79 Å². The van der Waals surface area contributed by atoms with Crippen molar-refractivity contribution in [3.63, 3.8) is 0 Å². The zero-order valence-electron chi connectivity index (χ0n) is 15.4. The van der Waals surface area contributed by atoms with E-state index in [4.69, 9.17) is 15.2 Å². The smallest absolute Gasteiger partial charge is 0.407 e. The van der Waals surface area contributed by atoms with Crippen molar-refractivity contribution in [1.29, 1.82) is 0 Å². The summed E-state index contributed by atoms with van der Waals surface area (Å²) in [6, 6.07) is 7.06. The van der Waals surface area contributed by atoms with E-state index >= 15 is 0 Å². The lowest BCUT2D eigenvalue weighted by Crippen LogP contribution is -2.33. The maximum absolute atomic E-state index is 11.6. The van der Waals surface area contributed by atoms with E-state index in [0.717, 1.165) is 18.5 Å². The number of primary amides is 1. The Kier molecular flexibility index (Phi) is 8.21. The zero-order valence-corrected chi connectivity index (χ0v) is 15.4. The summed E-state index contributed by atoms with van der Waals surface area (Å²) in [5, 5.41) is 6.09. The molecule has 140 valence electrons. The van der Waals surface area contributed by atoms with Gasteiger partial charge >= 0.3 is 6.09 Å². The maximum atomic E-state index is 11.6. The third-order valence-corrected chi connectivity index (χ3v) is 3.31. The quantitative estimate of drug-likeness (QED) is 0.593. The Bertz CT molecular complexity index is 552. The van der Waals surface area contributed by atoms with Crippen LogP contribution in [0, 0.1) is 0 Å². The second-order valence-corrected chi connectivity index (χ2v) is 6.81. The molecule has 4 N–H and O–H groups in total. The summed E-state index contributed by atoms with van der Waals surface area (Å²) in [6.07, 6.45) is 1.17. The number of carbonyl (C=O) groups is 2. The molecule has 0 bridgehead atoms. The van der Waals surface area contributed by atoms with Crippen LogP contribution in [0.15, 0.2) is 24.3 Å². The monoisotopic (exact) mass is 351 g/mol. The van der Waals surface area contributed by atoms with E-state index in [0.29, 0.717) is 18.7 Å². The summed E-state index contributed by atoms with van der Waals surface area (Å²) in [5.41, 5.74) is 6.08. The van der Waals surface area contributed by atoms with Gasteiger partial charge in [0.2, 0.25) is 5.91 Å². The van der Waals surface area contributed by atoms with E-state index in [1.54, 1.807) is 19.2 Å². The largest absolute Gasteiger partial charge is 0.444 e. The molecule has 0 saturated heterocycles. The molecule has 7 nitrogen and oxygen atoms in total. The summed E-state index contributed by atoms with van der Waals surface area (Å²) in [4.78, 5) is 22.7. The van der Waals surface area contributed by atoms with Crippen LogP contribution in [0.4, 0.5) is 10.5 Å². The Labute approximate surface area is 149 Å². The average Bonchev–Trinajstić information content (AvgIpc) is 2.50. The molecule has 0 spiro atoms. The highest BCUT2D eigenvalue weighted by Crippen LogP contribution is 2.13. The van der Waals surface area contributed by atoms with E-state index in [1.807, 2.05) is 32.9 Å². The SMILES string of the molecule is COCC(CCCNC(=O)OC(C)(C)C)Nc1ccc(C(N)=O)cc1. The van der Waals surface area contributed by atoms with Gasteiger partial charge in [-0.05, 0) is 57.9 Å². The normalized spacial score (nSPS) is 12.3. The Morgan fingerprint density at radius 3 is 2.36 bits per heavy atom. The van der Waals surface area contributed by atoms with Crippen LogP contribution in [-0.4, -0.2) is 43.9 Å². The number of nitrogens with two attached hydrogens (primary N) is 1. The summed E-state index contributed by atoms with van der Waals surface area (Å²) >= 11 is 0. The summed E-state index contributed by atoms with van der Waals surface area (Å²) in [5.74, 6) is -0.451. The molecule has 1 unspecified atom stereocenters. The molecule has 1 rings (SSSR count). The summed E-state index contributed by atoms with van der Waals surface area (Å²) < 4.78 is 10.4. The topological polar surface area (TPSA) is 103 Å². The van der Waals surface area contributed by atoms with Gasteiger partial charge in [0, 0.05) is 30.9 Å². The predicted octanol–water partition coefficient (Wildman–Crippen LogP) is 2.52. The first-order valence-corrected chi connectivity index (χ1v) is 8.33. The Morgan fingerprint density at radius 2 is 1.84 bits per heavy atom. The predicted molar refractivity (Wildman–Crippen MR) is 97.7 cm³/mol. The first-order chi connectivity index (χ1) is 11.7. The molecule has 0 aliphatic carbocycles. The van der Waals surface area contributed by atoms with Gasteiger partial charge in [0.1, 0.15) is 5.60 Å². The van der Waals surface area contributed by atoms with Crippen LogP contribution in [0.3, 0.4) is 0 Å². The number of carbonyl (C=O) groups excluding carboxylic acids is 2. The fourth-order valence-electron chi connectivity index (χ4n) is 2.22. The highest BCUT2D eigenvalue weighted by Gasteiger charge is 2.16. The van der Waals surface area contributed by atoms with Gasteiger partial charge in [-0.1, -0.05) is 0 Å². The highest BCUT2D eigenvalue weighted by molar-refractivity contribution is 5.93. The van der Waals surface area contributed by atoms with Gasteiger partial charge in [0.15, 0.2) is 0 Å². The molecule has 25 heavy (non-hydrogen) atoms. The first kappa shape index (κ1) is 20.8. The van der Waals surface area contributed by atoms with Crippen LogP contribution in [0.25, 0.3) is 0 Å². The van der Waals surface area contributed by atoms with E-state index in [2.05, 4.69) is 10.6 Å². The van der Waals surface area contributed by atoms with Crippen molar-refractivity contribution in [2.24, 2.45) is 5.73 Å². The van der Waals surface area contributed by atoms with Gasteiger partial charge in [-0.2, -0.15) is 0 Å². The fourth-order valence-corrected chi connectivity index (χ4v) is 2.22. The van der Waals surface area contributed by atoms with E-state index in [1.165, 1.54) is 0 Å². The average molecular weight is 351 g/mol. The minimum Gasteiger partial charge on any atom is -0.444 e. The first-order valence-electron chi connectivity index (χ1n) is 8.33. The fraction of sp³-hybridized carbons (Fsp3) is 0.556. The van der Waals surface area contributed by atoms with Gasteiger partial charge in [-0.25, -0.2) is 4.79 Å². The van der Waals surface area contributed by atoms with Crippen LogP contribution >= 0.6 is 0 Å². The number of hydrogen-bond donors (Lipinski definition) is 3. The van der Waals surface area contributed by atoms with Crippen LogP contribution < -0.4 is 16.4 Å². The number of nitrogens with one attached hydrogen (secondary N) is 2. The third kappa shape index (κ3) is 8.95. The summed E-state index contributed by atoms with van der Waals surface area (Å²) in [7, 11) is 1.64. The lowest BCUT2D eigenvalue weighted by atomic mass is 10.1. The van der Waals surface area contributed by atoms with Crippen molar-refractivity contribution in [2.75, 3.05) is 25.6 Å². The number of ether oxygens (including phenoxy) is 2. The number of amides is 2. The molecule has 0 saturated carbocycles. The Balaban J connectivity index is 2.41. The van der Waals surface area contributed by atoms with Crippen LogP contribution in [0.1, 0.15) is 44.0 Å². The molecule has 0 radical (unpaired) electrons. The number of benzene rings is 1. The highest BCUT2D eigenvalue weighted by atomic mass is 16.6. The van der Waals surface area contributed by atoms with E-state index in [-0.39, 0.29) is 6.04 Å². The molecule has 0 heterocycles. The van der Waals surface area contributed by atoms with E-state index in [9.17, 15) is 9.59 Å². The second-order valence-electron chi connectivity index (χ2n) is 6.81. The zero-order chi connectivity index (χ0) is 18.9. The molecular weight excluding hydrogens is 322 g/mol. The number of methoxy groups -OCH3 is 1. The molecule has 2 amide bonds. The van der Waals surface area contributed by atoms with Crippen molar-refractivity contribution in [2.45, 2.75) is 45.3 Å². The minimum absolute atomic E-state index is 0.0878. The molecule has 1 aromatic rings. The second kappa shape index (κ2) is 9.88. The molecule has 0 aromatic heterocycles. The molecule has 7 heteroatoms. The lowest BCUT2D eigenvalue weighted by molar-refractivity contribution is 0.0526. The Hall–Kier alpha value is -2.28. The van der Waals surface area contributed by atoms with Gasteiger partial charge in [-0.15, -0.1) is 0 Å². The van der Waals surface area contributed by atoms with E-state index < -0.39 is 17.6 Å². The summed E-state index contributed by atoms with van der Waals surface area (Å²) in [6.45, 7) is 6.54. The molecule has 0 fully saturated rings.